The zero-order valence-electron chi connectivity index (χ0n) is 12.1. The van der Waals surface area contributed by atoms with Gasteiger partial charge in [0.25, 0.3) is 0 Å². The first kappa shape index (κ1) is 14.2. The van der Waals surface area contributed by atoms with Gasteiger partial charge in [0.2, 0.25) is 0 Å². The second kappa shape index (κ2) is 6.26. The molecule has 0 bridgehead atoms. The highest BCUT2D eigenvalue weighted by molar-refractivity contribution is 7.15. The van der Waals surface area contributed by atoms with Crippen LogP contribution in [0.1, 0.15) is 35.8 Å². The van der Waals surface area contributed by atoms with Gasteiger partial charge < -0.3 is 5.32 Å². The third-order valence-corrected chi connectivity index (χ3v) is 4.12. The van der Waals surface area contributed by atoms with Crippen molar-refractivity contribution in [3.05, 3.63) is 34.1 Å². The van der Waals surface area contributed by atoms with Crippen molar-refractivity contribution in [1.29, 1.82) is 0 Å². The highest BCUT2D eigenvalue weighted by Crippen LogP contribution is 2.29. The summed E-state index contributed by atoms with van der Waals surface area (Å²) in [6.07, 6.45) is 0.986. The van der Waals surface area contributed by atoms with Gasteiger partial charge in [-0.15, -0.1) is 11.3 Å². The van der Waals surface area contributed by atoms with Crippen molar-refractivity contribution in [2.45, 2.75) is 40.7 Å². The molecule has 0 saturated carbocycles. The minimum atomic E-state index is 0.917. The average molecular weight is 275 g/mol. The number of thiazole rings is 1. The Morgan fingerprint density at radius 2 is 1.79 bits per heavy atom. The van der Waals surface area contributed by atoms with Crippen LogP contribution in [0, 0.1) is 13.8 Å². The van der Waals surface area contributed by atoms with Crippen LogP contribution in [0.15, 0.2) is 12.1 Å². The summed E-state index contributed by atoms with van der Waals surface area (Å²) in [7, 11) is 0. The standard InChI is InChI=1S/C15H21N3S/c1-5-13-14(9-16-6-2)19-15(18-13)12-7-10(3)17-11(4)8-12/h7-8,16H,5-6,9H2,1-4H3. The van der Waals surface area contributed by atoms with E-state index in [4.69, 9.17) is 4.98 Å². The highest BCUT2D eigenvalue weighted by atomic mass is 32.1. The first-order chi connectivity index (χ1) is 9.13. The molecule has 2 aromatic heterocycles. The molecule has 0 fully saturated rings. The summed E-state index contributed by atoms with van der Waals surface area (Å²) in [5, 5.41) is 4.49. The summed E-state index contributed by atoms with van der Waals surface area (Å²) in [6.45, 7) is 10.3. The maximum atomic E-state index is 4.78. The van der Waals surface area contributed by atoms with Crippen LogP contribution in [-0.2, 0) is 13.0 Å². The van der Waals surface area contributed by atoms with Crippen LogP contribution >= 0.6 is 11.3 Å². The topological polar surface area (TPSA) is 37.8 Å². The van der Waals surface area contributed by atoms with Crippen LogP contribution in [0.2, 0.25) is 0 Å². The number of rotatable bonds is 5. The lowest BCUT2D eigenvalue weighted by Crippen LogP contribution is -2.11. The molecule has 3 nitrogen and oxygen atoms in total. The molecule has 2 heterocycles. The molecule has 2 rings (SSSR count). The Balaban J connectivity index is 2.36. The van der Waals surface area contributed by atoms with Crippen LogP contribution in [-0.4, -0.2) is 16.5 Å². The predicted octanol–water partition coefficient (Wildman–Crippen LogP) is 3.49. The molecular weight excluding hydrogens is 254 g/mol. The first-order valence-corrected chi connectivity index (χ1v) is 7.60. The van der Waals surface area contributed by atoms with Crippen molar-refractivity contribution >= 4 is 11.3 Å². The van der Waals surface area contributed by atoms with Crippen molar-refractivity contribution in [3.8, 4) is 10.6 Å². The van der Waals surface area contributed by atoms with E-state index in [0.717, 1.165) is 35.9 Å². The second-order valence-electron chi connectivity index (χ2n) is 4.66. The summed E-state index contributed by atoms with van der Waals surface area (Å²) in [6, 6.07) is 4.23. The minimum absolute atomic E-state index is 0.917. The SMILES string of the molecule is CCNCc1sc(-c2cc(C)nc(C)c2)nc1CC. The van der Waals surface area contributed by atoms with Gasteiger partial charge in [0, 0.05) is 28.4 Å². The molecule has 19 heavy (non-hydrogen) atoms. The molecule has 0 unspecified atom stereocenters. The fraction of sp³-hybridized carbons (Fsp3) is 0.467. The Bertz CT molecular complexity index is 540. The van der Waals surface area contributed by atoms with E-state index in [1.165, 1.54) is 16.1 Å². The maximum Gasteiger partial charge on any atom is 0.124 e. The van der Waals surface area contributed by atoms with Gasteiger partial charge in [0.15, 0.2) is 0 Å². The molecule has 1 N–H and O–H groups in total. The number of aromatic nitrogens is 2. The van der Waals surface area contributed by atoms with Crippen LogP contribution in [0.5, 0.6) is 0 Å². The van der Waals surface area contributed by atoms with E-state index in [2.05, 4.69) is 36.3 Å². The van der Waals surface area contributed by atoms with Gasteiger partial charge in [0.1, 0.15) is 5.01 Å². The van der Waals surface area contributed by atoms with E-state index in [9.17, 15) is 0 Å². The first-order valence-electron chi connectivity index (χ1n) is 6.79. The van der Waals surface area contributed by atoms with Gasteiger partial charge in [-0.05, 0) is 38.9 Å². The lowest BCUT2D eigenvalue weighted by atomic mass is 10.2. The zero-order chi connectivity index (χ0) is 13.8. The molecule has 0 amide bonds. The zero-order valence-corrected chi connectivity index (χ0v) is 12.9. The Morgan fingerprint density at radius 1 is 1.11 bits per heavy atom. The summed E-state index contributed by atoms with van der Waals surface area (Å²) < 4.78 is 0. The molecule has 0 atom stereocenters. The summed E-state index contributed by atoms with van der Waals surface area (Å²) in [5.74, 6) is 0. The Labute approximate surface area is 119 Å². The molecule has 0 aliphatic heterocycles. The molecule has 0 aromatic carbocycles. The van der Waals surface area contributed by atoms with Crippen LogP contribution in [0.3, 0.4) is 0 Å². The highest BCUT2D eigenvalue weighted by Gasteiger charge is 2.11. The molecule has 2 aromatic rings. The number of hydrogen-bond donors (Lipinski definition) is 1. The van der Waals surface area contributed by atoms with Gasteiger partial charge >= 0.3 is 0 Å². The Morgan fingerprint density at radius 3 is 2.37 bits per heavy atom. The Kier molecular flexibility index (Phi) is 4.66. The van der Waals surface area contributed by atoms with Gasteiger partial charge in [-0.1, -0.05) is 13.8 Å². The van der Waals surface area contributed by atoms with E-state index >= 15 is 0 Å². The van der Waals surface area contributed by atoms with Crippen molar-refractivity contribution in [3.63, 3.8) is 0 Å². The molecular formula is C15H21N3S. The second-order valence-corrected chi connectivity index (χ2v) is 5.74. The third-order valence-electron chi connectivity index (χ3n) is 2.98. The van der Waals surface area contributed by atoms with E-state index in [1.807, 2.05) is 13.8 Å². The fourth-order valence-corrected chi connectivity index (χ4v) is 3.22. The third kappa shape index (κ3) is 3.39. The molecule has 0 spiro atoms. The van der Waals surface area contributed by atoms with Crippen molar-refractivity contribution in [1.82, 2.24) is 15.3 Å². The van der Waals surface area contributed by atoms with E-state index in [0.29, 0.717) is 0 Å². The molecule has 4 heteroatoms. The number of hydrogen-bond acceptors (Lipinski definition) is 4. The largest absolute Gasteiger partial charge is 0.312 e. The summed E-state index contributed by atoms with van der Waals surface area (Å²) in [5.41, 5.74) is 4.51. The normalized spacial score (nSPS) is 10.9. The monoisotopic (exact) mass is 275 g/mol. The molecule has 102 valence electrons. The van der Waals surface area contributed by atoms with Gasteiger partial charge in [0.05, 0.1) is 5.69 Å². The number of nitrogens with zero attached hydrogens (tertiary/aromatic N) is 2. The summed E-state index contributed by atoms with van der Waals surface area (Å²) in [4.78, 5) is 10.6. The van der Waals surface area contributed by atoms with Crippen molar-refractivity contribution in [2.75, 3.05) is 6.54 Å². The van der Waals surface area contributed by atoms with Gasteiger partial charge in [-0.2, -0.15) is 0 Å². The fourth-order valence-electron chi connectivity index (χ4n) is 2.12. The molecule has 0 radical (unpaired) electrons. The minimum Gasteiger partial charge on any atom is -0.312 e. The predicted molar refractivity (Wildman–Crippen MR) is 81.6 cm³/mol. The smallest absolute Gasteiger partial charge is 0.124 e. The lowest BCUT2D eigenvalue weighted by Gasteiger charge is -2.00. The quantitative estimate of drug-likeness (QED) is 0.907. The number of nitrogens with one attached hydrogen (secondary N) is 1. The van der Waals surface area contributed by atoms with Crippen molar-refractivity contribution in [2.24, 2.45) is 0 Å². The van der Waals surface area contributed by atoms with Crippen molar-refractivity contribution < 1.29 is 0 Å². The van der Waals surface area contributed by atoms with E-state index < -0.39 is 0 Å². The van der Waals surface area contributed by atoms with E-state index in [1.54, 1.807) is 11.3 Å². The average Bonchev–Trinajstić information content (AvgIpc) is 2.78. The number of pyridine rings is 1. The Hall–Kier alpha value is -1.26. The van der Waals surface area contributed by atoms with E-state index in [-0.39, 0.29) is 0 Å². The van der Waals surface area contributed by atoms with Crippen LogP contribution < -0.4 is 5.32 Å². The van der Waals surface area contributed by atoms with Crippen LogP contribution in [0.25, 0.3) is 10.6 Å². The lowest BCUT2D eigenvalue weighted by molar-refractivity contribution is 0.727. The molecule has 0 aliphatic carbocycles. The number of aryl methyl sites for hydroxylation is 3. The van der Waals surface area contributed by atoms with Crippen LogP contribution in [0.4, 0.5) is 0 Å². The maximum absolute atomic E-state index is 4.78. The summed E-state index contributed by atoms with van der Waals surface area (Å²) >= 11 is 1.79. The van der Waals surface area contributed by atoms with Gasteiger partial charge in [-0.3, -0.25) is 4.98 Å². The van der Waals surface area contributed by atoms with Gasteiger partial charge in [-0.25, -0.2) is 4.98 Å². The molecule has 0 aliphatic rings. The molecule has 0 saturated heterocycles.